The fraction of sp³-hybridized carbons (Fsp3) is 0.318. The number of aliphatic hydroxyl groups excluding tert-OH is 1. The molecule has 1 amide bonds. The molecule has 3 rings (SSSR count). The van der Waals surface area contributed by atoms with Crippen LogP contribution in [0.15, 0.2) is 48.3 Å². The van der Waals surface area contributed by atoms with Crippen LogP contribution in [-0.2, 0) is 9.59 Å². The molecule has 0 unspecified atom stereocenters. The van der Waals surface area contributed by atoms with Gasteiger partial charge in [-0.25, -0.2) is 0 Å². The number of phenols is 1. The van der Waals surface area contributed by atoms with Crippen molar-refractivity contribution in [2.45, 2.75) is 12.5 Å². The number of carbonyl (C=O) groups excluding carboxylic acids is 2. The van der Waals surface area contributed by atoms with Crippen molar-refractivity contribution in [3.8, 4) is 11.5 Å². The Bertz CT molecular complexity index is 972. The maximum Gasteiger partial charge on any atom is 0.295 e. The molecule has 1 aliphatic heterocycles. The predicted octanol–water partition coefficient (Wildman–Crippen LogP) is 2.17. The summed E-state index contributed by atoms with van der Waals surface area (Å²) in [7, 11) is 5.31. The van der Waals surface area contributed by atoms with Gasteiger partial charge in [0.05, 0.1) is 24.3 Å². The van der Waals surface area contributed by atoms with E-state index in [9.17, 15) is 19.8 Å². The molecule has 1 aromatic carbocycles. The smallest absolute Gasteiger partial charge is 0.295 e. The van der Waals surface area contributed by atoms with E-state index in [1.54, 1.807) is 30.6 Å². The summed E-state index contributed by atoms with van der Waals surface area (Å²) in [6, 6.07) is 7.01. The number of ether oxygens (including phenoxy) is 1. The van der Waals surface area contributed by atoms with Gasteiger partial charge in [0.2, 0.25) is 0 Å². The highest BCUT2D eigenvalue weighted by Gasteiger charge is 2.46. The Balaban J connectivity index is 2.09. The number of nitrogens with zero attached hydrogens (tertiary/aromatic N) is 3. The molecule has 30 heavy (non-hydrogen) atoms. The maximum atomic E-state index is 12.9. The number of rotatable bonds is 7. The third-order valence-electron chi connectivity index (χ3n) is 5.00. The van der Waals surface area contributed by atoms with Gasteiger partial charge >= 0.3 is 0 Å². The first kappa shape index (κ1) is 21.3. The van der Waals surface area contributed by atoms with Crippen molar-refractivity contribution < 1.29 is 24.5 Å². The number of likely N-dealkylation sites (tertiary alicyclic amines) is 1. The highest BCUT2D eigenvalue weighted by molar-refractivity contribution is 6.46. The number of benzene rings is 1. The second kappa shape index (κ2) is 8.96. The Morgan fingerprint density at radius 2 is 2.03 bits per heavy atom. The highest BCUT2D eigenvalue weighted by Crippen LogP contribution is 2.41. The Kier molecular flexibility index (Phi) is 6.37. The average molecular weight is 411 g/mol. The van der Waals surface area contributed by atoms with E-state index in [1.165, 1.54) is 24.1 Å². The minimum atomic E-state index is -0.790. The van der Waals surface area contributed by atoms with Crippen molar-refractivity contribution in [3.63, 3.8) is 0 Å². The van der Waals surface area contributed by atoms with Gasteiger partial charge in [0.15, 0.2) is 0 Å². The minimum Gasteiger partial charge on any atom is -0.507 e. The second-order valence-electron chi connectivity index (χ2n) is 7.32. The average Bonchev–Trinajstić information content (AvgIpc) is 2.98. The van der Waals surface area contributed by atoms with Gasteiger partial charge in [-0.2, -0.15) is 0 Å². The van der Waals surface area contributed by atoms with Crippen molar-refractivity contribution in [3.05, 3.63) is 59.4 Å². The van der Waals surface area contributed by atoms with Crippen molar-refractivity contribution >= 4 is 17.4 Å². The molecule has 8 nitrogen and oxygen atoms in total. The highest BCUT2D eigenvalue weighted by atomic mass is 16.5. The zero-order valence-electron chi connectivity index (χ0n) is 17.2. The number of methoxy groups -OCH3 is 1. The number of aliphatic hydroxyl groups is 1. The summed E-state index contributed by atoms with van der Waals surface area (Å²) in [5.74, 6) is -1.76. The van der Waals surface area contributed by atoms with Gasteiger partial charge in [0, 0.05) is 25.0 Å². The summed E-state index contributed by atoms with van der Waals surface area (Å²) in [6.45, 7) is 1.08. The van der Waals surface area contributed by atoms with Crippen molar-refractivity contribution in [1.82, 2.24) is 14.8 Å². The zero-order valence-corrected chi connectivity index (χ0v) is 17.2. The molecule has 2 heterocycles. The molecule has 8 heteroatoms. The molecule has 1 atom stereocenters. The zero-order chi connectivity index (χ0) is 21.8. The lowest BCUT2D eigenvalue weighted by Gasteiger charge is -2.25. The number of aromatic nitrogens is 1. The molecule has 0 saturated carbocycles. The number of pyridine rings is 1. The van der Waals surface area contributed by atoms with E-state index >= 15 is 0 Å². The third kappa shape index (κ3) is 4.13. The molecule has 2 aromatic rings. The van der Waals surface area contributed by atoms with E-state index in [4.69, 9.17) is 4.74 Å². The molecule has 0 aliphatic carbocycles. The van der Waals surface area contributed by atoms with E-state index < -0.39 is 23.5 Å². The van der Waals surface area contributed by atoms with Gasteiger partial charge in [-0.15, -0.1) is 0 Å². The number of amides is 1. The van der Waals surface area contributed by atoms with Crippen LogP contribution in [-0.4, -0.2) is 71.0 Å². The van der Waals surface area contributed by atoms with Crippen LogP contribution in [0.2, 0.25) is 0 Å². The third-order valence-corrected chi connectivity index (χ3v) is 5.00. The van der Waals surface area contributed by atoms with Crippen LogP contribution in [0.5, 0.6) is 11.5 Å². The molecule has 0 spiro atoms. The van der Waals surface area contributed by atoms with Crippen LogP contribution in [0.1, 0.15) is 23.6 Å². The Morgan fingerprint density at radius 3 is 2.63 bits per heavy atom. The lowest BCUT2D eigenvalue weighted by Crippen LogP contribution is -2.32. The lowest BCUT2D eigenvalue weighted by molar-refractivity contribution is -0.139. The van der Waals surface area contributed by atoms with Crippen LogP contribution in [0.4, 0.5) is 0 Å². The number of Topliss-reactive ketones (excluding diaryl/α,β-unsaturated/α-hetero) is 1. The summed E-state index contributed by atoms with van der Waals surface area (Å²) in [5, 5.41) is 21.3. The molecule has 1 aromatic heterocycles. The van der Waals surface area contributed by atoms with Crippen molar-refractivity contribution in [2.24, 2.45) is 0 Å². The molecule has 1 fully saturated rings. The van der Waals surface area contributed by atoms with E-state index in [2.05, 4.69) is 4.98 Å². The van der Waals surface area contributed by atoms with Gasteiger partial charge in [-0.3, -0.25) is 14.6 Å². The topological polar surface area (TPSA) is 103 Å². The number of aromatic hydroxyl groups is 1. The van der Waals surface area contributed by atoms with Gasteiger partial charge in [-0.1, -0.05) is 6.07 Å². The predicted molar refractivity (Wildman–Crippen MR) is 111 cm³/mol. The Morgan fingerprint density at radius 1 is 1.27 bits per heavy atom. The Hall–Kier alpha value is -3.39. The summed E-state index contributed by atoms with van der Waals surface area (Å²) in [4.78, 5) is 33.3. The van der Waals surface area contributed by atoms with E-state index in [0.717, 1.165) is 6.54 Å². The number of hydrogen-bond donors (Lipinski definition) is 2. The number of carbonyl (C=O) groups is 2. The minimum absolute atomic E-state index is 0.0518. The summed E-state index contributed by atoms with van der Waals surface area (Å²) in [6.07, 6.45) is 3.82. The molecule has 2 N–H and O–H groups in total. The fourth-order valence-corrected chi connectivity index (χ4v) is 3.54. The van der Waals surface area contributed by atoms with Crippen molar-refractivity contribution in [1.29, 1.82) is 0 Å². The van der Waals surface area contributed by atoms with Gasteiger partial charge in [-0.05, 0) is 50.8 Å². The van der Waals surface area contributed by atoms with Gasteiger partial charge in [0.25, 0.3) is 11.7 Å². The number of phenolic OH excluding ortho intramolecular Hbond substituents is 1. The number of hydrogen-bond acceptors (Lipinski definition) is 7. The van der Waals surface area contributed by atoms with Gasteiger partial charge in [0.1, 0.15) is 17.3 Å². The second-order valence-corrected chi connectivity index (χ2v) is 7.32. The largest absolute Gasteiger partial charge is 0.507 e. The van der Waals surface area contributed by atoms with Crippen LogP contribution < -0.4 is 4.74 Å². The van der Waals surface area contributed by atoms with Crippen LogP contribution in [0, 0.1) is 0 Å². The first-order chi connectivity index (χ1) is 14.3. The van der Waals surface area contributed by atoms with E-state index in [0.29, 0.717) is 24.3 Å². The summed E-state index contributed by atoms with van der Waals surface area (Å²) < 4.78 is 5.07. The quantitative estimate of drug-likeness (QED) is 0.409. The number of ketones is 1. The fourth-order valence-electron chi connectivity index (χ4n) is 3.54. The molecular weight excluding hydrogens is 386 g/mol. The van der Waals surface area contributed by atoms with E-state index in [1.807, 2.05) is 19.0 Å². The lowest BCUT2D eigenvalue weighted by atomic mass is 9.96. The maximum absolute atomic E-state index is 12.9. The van der Waals surface area contributed by atoms with E-state index in [-0.39, 0.29) is 16.9 Å². The standard InChI is InChI=1S/C22H25N3O5/c1-24(2)10-5-11-25-19(14-6-4-9-23-13-14)18(21(28)22(25)29)20(27)16-8-7-15(30-3)12-17(16)26/h4,6-9,12-13,19,26-27H,5,10-11H2,1-3H3/t19-/m1/s1. The van der Waals surface area contributed by atoms with Crippen molar-refractivity contribution in [2.75, 3.05) is 34.3 Å². The first-order valence-electron chi connectivity index (χ1n) is 9.55. The molecule has 0 bridgehead atoms. The molecule has 158 valence electrons. The molecule has 1 aliphatic rings. The SMILES string of the molecule is COc1ccc(C(O)=C2C(=O)C(=O)N(CCCN(C)C)[C@@H]2c2cccnc2)c(O)c1. The van der Waals surface area contributed by atoms with Crippen LogP contribution in [0.3, 0.4) is 0 Å². The first-order valence-corrected chi connectivity index (χ1v) is 9.55. The molecule has 0 radical (unpaired) electrons. The summed E-state index contributed by atoms with van der Waals surface area (Å²) in [5.41, 5.74) is 0.588. The molecular formula is C22H25N3O5. The van der Waals surface area contributed by atoms with Gasteiger partial charge < -0.3 is 24.7 Å². The molecule has 1 saturated heterocycles. The summed E-state index contributed by atoms with van der Waals surface area (Å²) >= 11 is 0. The Labute approximate surface area is 175 Å². The monoisotopic (exact) mass is 411 g/mol. The van der Waals surface area contributed by atoms with Crippen LogP contribution in [0.25, 0.3) is 5.76 Å². The van der Waals surface area contributed by atoms with Crippen LogP contribution >= 0.6 is 0 Å². The normalized spacial score (nSPS) is 18.3.